The van der Waals surface area contributed by atoms with E-state index in [9.17, 15) is 18.0 Å². The Morgan fingerprint density at radius 2 is 1.74 bits per heavy atom. The van der Waals surface area contributed by atoms with E-state index in [2.05, 4.69) is 22.1 Å². The number of hydrogen-bond acceptors (Lipinski definition) is 8. The summed E-state index contributed by atoms with van der Waals surface area (Å²) in [5.74, 6) is 0.376. The number of ketones is 1. The summed E-state index contributed by atoms with van der Waals surface area (Å²) in [7, 11) is -3.83. The molecule has 0 aliphatic rings. The van der Waals surface area contributed by atoms with Gasteiger partial charge in [-0.25, -0.2) is 18.5 Å². The van der Waals surface area contributed by atoms with Crippen LogP contribution < -0.4 is 10.5 Å². The first-order valence-corrected chi connectivity index (χ1v) is 15.3. The Bertz CT molecular complexity index is 1920. The number of nitrogens with zero attached hydrogens (tertiary/aromatic N) is 4. The van der Waals surface area contributed by atoms with Crippen molar-refractivity contribution < 1.29 is 18.0 Å². The average molecular weight is 599 g/mol. The van der Waals surface area contributed by atoms with Gasteiger partial charge in [-0.05, 0) is 55.5 Å². The minimum Gasteiger partial charge on any atom is -0.325 e. The fraction of sp³-hybridized carbons (Fsp3) is 0.100. The maximum atomic E-state index is 12.7. The van der Waals surface area contributed by atoms with Gasteiger partial charge in [0, 0.05) is 34.3 Å². The summed E-state index contributed by atoms with van der Waals surface area (Å²) in [5, 5.41) is 18.3. The van der Waals surface area contributed by atoms with E-state index >= 15 is 0 Å². The van der Waals surface area contributed by atoms with Gasteiger partial charge in [-0.2, -0.15) is 0 Å². The van der Waals surface area contributed by atoms with Crippen LogP contribution in [0.25, 0.3) is 33.5 Å². The van der Waals surface area contributed by atoms with E-state index in [1.807, 2.05) is 34.9 Å². The summed E-state index contributed by atoms with van der Waals surface area (Å²) >= 11 is 1.24. The third-order valence-corrected chi connectivity index (χ3v) is 8.27. The van der Waals surface area contributed by atoms with Gasteiger partial charge >= 0.3 is 0 Å². The number of hydrogen-bond donors (Lipinski definition) is 2. The zero-order chi connectivity index (χ0) is 29.9. The van der Waals surface area contributed by atoms with Gasteiger partial charge in [0.05, 0.1) is 21.9 Å². The summed E-state index contributed by atoms with van der Waals surface area (Å²) in [6, 6.07) is 22.4. The van der Waals surface area contributed by atoms with Crippen LogP contribution in [0.15, 0.2) is 102 Å². The van der Waals surface area contributed by atoms with E-state index < -0.39 is 10.0 Å². The number of allylic oxidation sites excluding steroid dienone is 1. The second-order valence-electron chi connectivity index (χ2n) is 9.32. The predicted octanol–water partition coefficient (Wildman–Crippen LogP) is 4.93. The molecule has 5 aromatic rings. The third-order valence-electron chi connectivity index (χ3n) is 6.37. The van der Waals surface area contributed by atoms with Crippen LogP contribution in [0.1, 0.15) is 17.3 Å². The van der Waals surface area contributed by atoms with Crippen LogP contribution in [0.2, 0.25) is 0 Å². The number of nitrogens with two attached hydrogens (primary N) is 1. The fourth-order valence-electron chi connectivity index (χ4n) is 4.33. The van der Waals surface area contributed by atoms with E-state index in [4.69, 9.17) is 10.1 Å². The highest BCUT2D eigenvalue weighted by Crippen LogP contribution is 2.33. The van der Waals surface area contributed by atoms with Crippen LogP contribution >= 0.6 is 11.8 Å². The summed E-state index contributed by atoms with van der Waals surface area (Å²) in [6.45, 7) is 5.76. The van der Waals surface area contributed by atoms with Crippen molar-refractivity contribution in [3.05, 3.63) is 97.1 Å². The van der Waals surface area contributed by atoms with Crippen molar-refractivity contribution >= 4 is 50.1 Å². The van der Waals surface area contributed by atoms with Crippen molar-refractivity contribution in [2.45, 2.75) is 23.5 Å². The number of carbonyl (C=O) groups excluding carboxylic acids is 2. The second kappa shape index (κ2) is 12.1. The highest BCUT2D eigenvalue weighted by Gasteiger charge is 2.19. The highest BCUT2D eigenvalue weighted by atomic mass is 32.2. The first-order valence-electron chi connectivity index (χ1n) is 12.7. The number of benzene rings is 3. The highest BCUT2D eigenvalue weighted by molar-refractivity contribution is 7.99. The standard InChI is InChI=1S/C30H26N6O4S2/c1-3-16-36-29(34-35-30(36)41-18-28(38)32-22-12-8-20(9-13-22)19(2)37)25-17-27(33-26-7-5-4-6-24(25)26)21-10-14-23(15-11-21)42(31,39)40/h3-15,17H,1,16,18H2,2H3,(H,32,38)(H2,31,39,40). The number of para-hydroxylation sites is 1. The molecule has 0 spiro atoms. The number of primary sulfonamides is 1. The molecule has 0 fully saturated rings. The topological polar surface area (TPSA) is 150 Å². The van der Waals surface area contributed by atoms with Gasteiger partial charge in [0.2, 0.25) is 15.9 Å². The molecule has 0 saturated heterocycles. The lowest BCUT2D eigenvalue weighted by Crippen LogP contribution is -2.14. The number of aromatic nitrogens is 4. The van der Waals surface area contributed by atoms with Gasteiger partial charge in [-0.15, -0.1) is 16.8 Å². The molecule has 0 unspecified atom stereocenters. The zero-order valence-corrected chi connectivity index (χ0v) is 24.2. The van der Waals surface area contributed by atoms with Crippen molar-refractivity contribution in [2.24, 2.45) is 5.14 Å². The van der Waals surface area contributed by atoms with Crippen LogP contribution in [-0.2, 0) is 21.4 Å². The number of amides is 1. The monoisotopic (exact) mass is 598 g/mol. The molecule has 3 N–H and O–H groups in total. The SMILES string of the molecule is C=CCn1c(SCC(=O)Nc2ccc(C(C)=O)cc2)nnc1-c1cc(-c2ccc(S(N)(=O)=O)cc2)nc2ccccc12. The number of anilines is 1. The average Bonchev–Trinajstić information content (AvgIpc) is 3.37. The molecular weight excluding hydrogens is 573 g/mol. The Labute approximate surface area is 246 Å². The Balaban J connectivity index is 1.45. The number of rotatable bonds is 10. The molecule has 12 heteroatoms. The number of thioether (sulfide) groups is 1. The minimum absolute atomic E-state index is 0.0109. The second-order valence-corrected chi connectivity index (χ2v) is 11.8. The van der Waals surface area contributed by atoms with E-state index in [1.54, 1.807) is 42.5 Å². The molecule has 0 radical (unpaired) electrons. The first-order chi connectivity index (χ1) is 20.1. The van der Waals surface area contributed by atoms with Crippen molar-refractivity contribution in [3.8, 4) is 22.6 Å². The molecule has 1 amide bonds. The number of pyridine rings is 1. The molecule has 0 bridgehead atoms. The van der Waals surface area contributed by atoms with Gasteiger partial charge in [0.15, 0.2) is 16.8 Å². The fourth-order valence-corrected chi connectivity index (χ4v) is 5.59. The molecular formula is C30H26N6O4S2. The molecule has 10 nitrogen and oxygen atoms in total. The molecule has 212 valence electrons. The zero-order valence-electron chi connectivity index (χ0n) is 22.5. The summed E-state index contributed by atoms with van der Waals surface area (Å²) in [4.78, 5) is 29.0. The van der Waals surface area contributed by atoms with E-state index in [-0.39, 0.29) is 22.3 Å². The lowest BCUT2D eigenvalue weighted by atomic mass is 10.0. The molecule has 0 atom stereocenters. The Hall–Kier alpha value is -4.65. The van der Waals surface area contributed by atoms with E-state index in [0.29, 0.717) is 40.0 Å². The summed E-state index contributed by atoms with van der Waals surface area (Å²) < 4.78 is 25.3. The number of carbonyl (C=O) groups is 2. The van der Waals surface area contributed by atoms with Crippen LogP contribution in [0.5, 0.6) is 0 Å². The Morgan fingerprint density at radius 3 is 2.40 bits per heavy atom. The van der Waals surface area contributed by atoms with Crippen LogP contribution in [-0.4, -0.2) is 45.6 Å². The Kier molecular flexibility index (Phi) is 8.29. The van der Waals surface area contributed by atoms with E-state index in [0.717, 1.165) is 16.5 Å². The lowest BCUT2D eigenvalue weighted by molar-refractivity contribution is -0.113. The molecule has 0 saturated carbocycles. The molecule has 3 aromatic carbocycles. The van der Waals surface area contributed by atoms with Crippen LogP contribution in [0, 0.1) is 0 Å². The van der Waals surface area contributed by atoms with Crippen molar-refractivity contribution in [1.29, 1.82) is 0 Å². The van der Waals surface area contributed by atoms with Gasteiger partial charge in [-0.3, -0.25) is 14.2 Å². The molecule has 42 heavy (non-hydrogen) atoms. The molecule has 2 aromatic heterocycles. The first kappa shape index (κ1) is 28.9. The summed E-state index contributed by atoms with van der Waals surface area (Å²) in [5.41, 5.74) is 3.96. The predicted molar refractivity (Wildman–Crippen MR) is 164 cm³/mol. The maximum absolute atomic E-state index is 12.7. The maximum Gasteiger partial charge on any atom is 0.238 e. The number of fused-ring (bicyclic) bond motifs is 1. The van der Waals surface area contributed by atoms with Gasteiger partial charge in [-0.1, -0.05) is 48.2 Å². The van der Waals surface area contributed by atoms with Gasteiger partial charge < -0.3 is 5.32 Å². The van der Waals surface area contributed by atoms with E-state index in [1.165, 1.54) is 30.8 Å². The summed E-state index contributed by atoms with van der Waals surface area (Å²) in [6.07, 6.45) is 1.73. The normalized spacial score (nSPS) is 11.4. The molecule has 5 rings (SSSR count). The Morgan fingerprint density at radius 1 is 1.02 bits per heavy atom. The van der Waals surface area contributed by atoms with Crippen molar-refractivity contribution in [2.75, 3.05) is 11.1 Å². The van der Waals surface area contributed by atoms with Gasteiger partial charge in [0.1, 0.15) is 0 Å². The van der Waals surface area contributed by atoms with Crippen molar-refractivity contribution in [3.63, 3.8) is 0 Å². The molecule has 0 aliphatic carbocycles. The minimum atomic E-state index is -3.83. The smallest absolute Gasteiger partial charge is 0.238 e. The third kappa shape index (κ3) is 6.30. The number of Topliss-reactive ketones (excluding diaryl/α,β-unsaturated/α-hetero) is 1. The van der Waals surface area contributed by atoms with Crippen LogP contribution in [0.4, 0.5) is 5.69 Å². The molecule has 0 aliphatic heterocycles. The quantitative estimate of drug-likeness (QED) is 0.131. The number of nitrogens with one attached hydrogen (secondary N) is 1. The largest absolute Gasteiger partial charge is 0.325 e. The number of sulfonamides is 1. The van der Waals surface area contributed by atoms with Gasteiger partial charge in [0.25, 0.3) is 0 Å². The van der Waals surface area contributed by atoms with Crippen molar-refractivity contribution in [1.82, 2.24) is 19.7 Å². The molecule has 2 heterocycles. The van der Waals surface area contributed by atoms with Crippen LogP contribution in [0.3, 0.4) is 0 Å². The lowest BCUT2D eigenvalue weighted by Gasteiger charge is -2.12.